The van der Waals surface area contributed by atoms with Crippen molar-refractivity contribution in [3.8, 4) is 22.6 Å². The molecule has 0 saturated heterocycles. The lowest BCUT2D eigenvalue weighted by Gasteiger charge is -2.14. The highest BCUT2D eigenvalue weighted by Gasteiger charge is 2.17. The summed E-state index contributed by atoms with van der Waals surface area (Å²) in [6, 6.07) is 52.4. The summed E-state index contributed by atoms with van der Waals surface area (Å²) in [6.07, 6.45) is 0. The highest BCUT2D eigenvalue weighted by molar-refractivity contribution is 7.25. The Morgan fingerprint density at radius 3 is 1.84 bits per heavy atom. The van der Waals surface area contributed by atoms with Crippen molar-refractivity contribution in [2.75, 3.05) is 0 Å². The predicted molar refractivity (Wildman–Crippen MR) is 193 cm³/mol. The van der Waals surface area contributed by atoms with Crippen molar-refractivity contribution in [2.45, 2.75) is 0 Å². The Labute approximate surface area is 262 Å². The maximum atomic E-state index is 5.26. The second-order valence-corrected chi connectivity index (χ2v) is 12.8. The van der Waals surface area contributed by atoms with Crippen LogP contribution in [0.2, 0.25) is 0 Å². The van der Waals surface area contributed by atoms with Gasteiger partial charge in [0.2, 0.25) is 0 Å². The van der Waals surface area contributed by atoms with Crippen LogP contribution < -0.4 is 0 Å². The molecule has 0 atom stereocenters. The van der Waals surface area contributed by atoms with Crippen molar-refractivity contribution in [3.63, 3.8) is 0 Å². The minimum atomic E-state index is 0.740. The summed E-state index contributed by atoms with van der Waals surface area (Å²) in [5.74, 6) is 0.740. The highest BCUT2D eigenvalue weighted by atomic mass is 32.1. The zero-order valence-electron chi connectivity index (χ0n) is 24.2. The van der Waals surface area contributed by atoms with E-state index in [1.54, 1.807) is 0 Å². The number of rotatable bonds is 2. The fraction of sp³-hybridized carbons (Fsp3) is 0. The average Bonchev–Trinajstić information content (AvgIpc) is 3.48. The first-order chi connectivity index (χ1) is 22.3. The van der Waals surface area contributed by atoms with Crippen molar-refractivity contribution in [1.29, 1.82) is 0 Å². The van der Waals surface area contributed by atoms with Crippen LogP contribution in [-0.4, -0.2) is 9.97 Å². The number of hydrogen-bond acceptors (Lipinski definition) is 3. The number of fused-ring (bicyclic) bond motifs is 12. The Bertz CT molecular complexity index is 2810. The maximum Gasteiger partial charge on any atom is 0.160 e. The molecule has 0 saturated carbocycles. The highest BCUT2D eigenvalue weighted by Crippen LogP contribution is 2.43. The molecule has 0 radical (unpaired) electrons. The molecule has 0 bridgehead atoms. The van der Waals surface area contributed by atoms with Gasteiger partial charge in [-0.05, 0) is 68.0 Å². The normalized spacial score (nSPS) is 12.0. The van der Waals surface area contributed by atoms with Crippen LogP contribution in [0.5, 0.6) is 0 Å². The van der Waals surface area contributed by atoms with E-state index in [1.165, 1.54) is 57.9 Å². The largest absolute Gasteiger partial charge is 0.227 e. The van der Waals surface area contributed by atoms with Crippen LogP contribution in [0.3, 0.4) is 0 Å². The van der Waals surface area contributed by atoms with Gasteiger partial charge in [0.1, 0.15) is 0 Å². The Morgan fingerprint density at radius 1 is 0.356 bits per heavy atom. The first-order valence-electron chi connectivity index (χ1n) is 15.2. The minimum absolute atomic E-state index is 0.740. The molecule has 3 heteroatoms. The first-order valence-corrected chi connectivity index (χ1v) is 16.1. The lowest BCUT2D eigenvalue weighted by molar-refractivity contribution is 1.24. The van der Waals surface area contributed by atoms with Crippen molar-refractivity contribution >= 4 is 85.5 Å². The van der Waals surface area contributed by atoms with E-state index in [9.17, 15) is 0 Å². The number of hydrogen-bond donors (Lipinski definition) is 0. The maximum absolute atomic E-state index is 5.26. The van der Waals surface area contributed by atoms with Gasteiger partial charge in [0.05, 0.1) is 11.2 Å². The smallest absolute Gasteiger partial charge is 0.160 e. The molecule has 0 aliphatic rings. The van der Waals surface area contributed by atoms with E-state index in [4.69, 9.17) is 9.97 Å². The van der Waals surface area contributed by atoms with Crippen molar-refractivity contribution in [3.05, 3.63) is 146 Å². The molecule has 0 aliphatic heterocycles. The zero-order chi connectivity index (χ0) is 29.5. The van der Waals surface area contributed by atoms with E-state index in [0.29, 0.717) is 0 Å². The molecule has 2 heterocycles. The number of nitrogens with zero attached hydrogens (tertiary/aromatic N) is 2. The summed E-state index contributed by atoms with van der Waals surface area (Å²) < 4.78 is 2.65. The van der Waals surface area contributed by atoms with Crippen LogP contribution in [-0.2, 0) is 0 Å². The molecular formula is C42H24N2S. The fourth-order valence-electron chi connectivity index (χ4n) is 7.12. The average molecular weight is 589 g/mol. The molecule has 2 nitrogen and oxygen atoms in total. The minimum Gasteiger partial charge on any atom is -0.227 e. The molecule has 10 rings (SSSR count). The monoisotopic (exact) mass is 588 g/mol. The van der Waals surface area contributed by atoms with E-state index < -0.39 is 0 Å². The van der Waals surface area contributed by atoms with Crippen molar-refractivity contribution in [1.82, 2.24) is 9.97 Å². The third-order valence-corrected chi connectivity index (χ3v) is 10.4. The van der Waals surface area contributed by atoms with E-state index in [-0.39, 0.29) is 0 Å². The lowest BCUT2D eigenvalue weighted by atomic mass is 9.92. The van der Waals surface area contributed by atoms with Crippen LogP contribution in [0, 0.1) is 0 Å². The first kappa shape index (κ1) is 24.8. The van der Waals surface area contributed by atoms with Gasteiger partial charge in [-0.2, -0.15) is 0 Å². The number of benzene rings is 8. The molecule has 0 fully saturated rings. The predicted octanol–water partition coefficient (Wildman–Crippen LogP) is 11.9. The van der Waals surface area contributed by atoms with Crippen LogP contribution in [0.25, 0.3) is 96.8 Å². The van der Waals surface area contributed by atoms with Gasteiger partial charge in [-0.25, -0.2) is 9.97 Å². The Morgan fingerprint density at radius 2 is 1.00 bits per heavy atom. The molecule has 0 amide bonds. The Hall–Kier alpha value is -5.64. The summed E-state index contributed by atoms with van der Waals surface area (Å²) in [4.78, 5) is 10.5. The second kappa shape index (κ2) is 9.43. The SMILES string of the molecule is c1ccc(-c2nc(-c3ccc4c(c3)c3ccccc3c3cc5c(cc43)sc3ccccc35)nc3c2ccc2ccccc23)cc1. The van der Waals surface area contributed by atoms with Gasteiger partial charge in [0.15, 0.2) is 5.82 Å². The van der Waals surface area contributed by atoms with Crippen molar-refractivity contribution < 1.29 is 0 Å². The zero-order valence-corrected chi connectivity index (χ0v) is 25.0. The molecule has 2 aromatic heterocycles. The van der Waals surface area contributed by atoms with Gasteiger partial charge < -0.3 is 0 Å². The summed E-state index contributed by atoms with van der Waals surface area (Å²) in [6.45, 7) is 0. The molecule has 208 valence electrons. The number of aromatic nitrogens is 2. The van der Waals surface area contributed by atoms with Gasteiger partial charge in [-0.3, -0.25) is 0 Å². The van der Waals surface area contributed by atoms with Gasteiger partial charge >= 0.3 is 0 Å². The van der Waals surface area contributed by atoms with Crippen LogP contribution in [0.15, 0.2) is 146 Å². The van der Waals surface area contributed by atoms with Crippen LogP contribution >= 0.6 is 11.3 Å². The topological polar surface area (TPSA) is 25.8 Å². The fourth-order valence-corrected chi connectivity index (χ4v) is 8.25. The molecule has 0 spiro atoms. The number of thiophene rings is 1. The molecule has 0 aliphatic carbocycles. The molecular weight excluding hydrogens is 565 g/mol. The van der Waals surface area contributed by atoms with Gasteiger partial charge in [-0.1, -0.05) is 115 Å². The Balaban J connectivity index is 1.29. The van der Waals surface area contributed by atoms with Crippen molar-refractivity contribution in [2.24, 2.45) is 0 Å². The van der Waals surface area contributed by atoms with E-state index >= 15 is 0 Å². The summed E-state index contributed by atoms with van der Waals surface area (Å²) in [5, 5.41) is 13.6. The molecule has 0 unspecified atom stereocenters. The van der Waals surface area contributed by atoms with E-state index in [2.05, 4.69) is 146 Å². The molecule has 45 heavy (non-hydrogen) atoms. The quantitative estimate of drug-likeness (QED) is 0.188. The van der Waals surface area contributed by atoms with Crippen LogP contribution in [0.4, 0.5) is 0 Å². The van der Waals surface area contributed by atoms with E-state index in [1.807, 2.05) is 11.3 Å². The van der Waals surface area contributed by atoms with Crippen LogP contribution in [0.1, 0.15) is 0 Å². The third-order valence-electron chi connectivity index (χ3n) is 9.23. The van der Waals surface area contributed by atoms with Gasteiger partial charge in [-0.15, -0.1) is 11.3 Å². The summed E-state index contributed by atoms with van der Waals surface area (Å²) in [7, 11) is 0. The Kier molecular flexibility index (Phi) is 5.19. The molecule has 10 aromatic rings. The van der Waals surface area contributed by atoms with E-state index in [0.717, 1.165) is 38.9 Å². The molecule has 0 N–H and O–H groups in total. The van der Waals surface area contributed by atoms with Gasteiger partial charge in [0, 0.05) is 42.1 Å². The molecule has 8 aromatic carbocycles. The standard InChI is InChI=1S/C42H24N2S/c1-2-11-26(12-3-1)40-33-21-18-25-10-4-5-13-28(25)41(33)44-42(43-40)27-19-20-31-34(22-27)29-14-6-7-15-30(29)35-23-37-32-16-8-9-17-38(32)45-39(37)24-36(31)35/h1-24H. The lowest BCUT2D eigenvalue weighted by Crippen LogP contribution is -1.96. The second-order valence-electron chi connectivity index (χ2n) is 11.7. The third kappa shape index (κ3) is 3.68. The summed E-state index contributed by atoms with van der Waals surface area (Å²) >= 11 is 1.87. The van der Waals surface area contributed by atoms with Gasteiger partial charge in [0.25, 0.3) is 0 Å². The summed E-state index contributed by atoms with van der Waals surface area (Å²) in [5.41, 5.74) is 4.04.